The molecule has 2 aromatic rings. The fourth-order valence-electron chi connectivity index (χ4n) is 2.17. The second-order valence-electron chi connectivity index (χ2n) is 5.89. The SMILES string of the molecule is Cc1noc(C(C)C)c1C(=O)O[C@H](C)C(=O)Nc1ccc(C#N)cc1. The van der Waals surface area contributed by atoms with Crippen molar-refractivity contribution in [1.82, 2.24) is 5.16 Å². The molecule has 0 fully saturated rings. The van der Waals surface area contributed by atoms with Gasteiger partial charge in [-0.2, -0.15) is 5.26 Å². The third kappa shape index (κ3) is 4.23. The van der Waals surface area contributed by atoms with Crippen LogP contribution in [0.4, 0.5) is 5.69 Å². The predicted molar refractivity (Wildman–Crippen MR) is 90.0 cm³/mol. The number of ether oxygens (including phenoxy) is 1. The number of nitrogens with one attached hydrogen (secondary N) is 1. The van der Waals surface area contributed by atoms with E-state index < -0.39 is 18.0 Å². The van der Waals surface area contributed by atoms with Gasteiger partial charge in [-0.25, -0.2) is 4.79 Å². The number of aryl methyl sites for hydroxylation is 1. The first-order valence-corrected chi connectivity index (χ1v) is 7.81. The van der Waals surface area contributed by atoms with Gasteiger partial charge in [-0.05, 0) is 38.1 Å². The molecule has 1 aromatic heterocycles. The Morgan fingerprint density at radius 2 is 1.88 bits per heavy atom. The van der Waals surface area contributed by atoms with Gasteiger partial charge >= 0.3 is 5.97 Å². The van der Waals surface area contributed by atoms with Crippen molar-refractivity contribution in [2.75, 3.05) is 5.32 Å². The summed E-state index contributed by atoms with van der Waals surface area (Å²) in [6, 6.07) is 8.37. The number of rotatable bonds is 5. The first kappa shape index (κ1) is 18.2. The van der Waals surface area contributed by atoms with Crippen LogP contribution in [0.3, 0.4) is 0 Å². The summed E-state index contributed by atoms with van der Waals surface area (Å²) in [4.78, 5) is 24.5. The molecule has 2 rings (SSSR count). The number of aromatic nitrogens is 1. The maximum atomic E-state index is 12.4. The molecule has 0 aliphatic carbocycles. The van der Waals surface area contributed by atoms with Crippen molar-refractivity contribution in [2.24, 2.45) is 0 Å². The highest BCUT2D eigenvalue weighted by molar-refractivity contribution is 5.98. The smallest absolute Gasteiger partial charge is 0.344 e. The molecule has 0 bridgehead atoms. The molecule has 0 aliphatic rings. The van der Waals surface area contributed by atoms with Crippen molar-refractivity contribution in [2.45, 2.75) is 39.7 Å². The van der Waals surface area contributed by atoms with Crippen LogP contribution in [0.1, 0.15) is 54.1 Å². The Bertz CT molecular complexity index is 816. The molecule has 0 radical (unpaired) electrons. The molecule has 0 aliphatic heterocycles. The summed E-state index contributed by atoms with van der Waals surface area (Å²) < 4.78 is 10.4. The maximum Gasteiger partial charge on any atom is 0.344 e. The lowest BCUT2D eigenvalue weighted by atomic mass is 10.1. The number of carbonyl (C=O) groups excluding carboxylic acids is 2. The van der Waals surface area contributed by atoms with Gasteiger partial charge < -0.3 is 14.6 Å². The van der Waals surface area contributed by atoms with E-state index in [-0.39, 0.29) is 11.5 Å². The van der Waals surface area contributed by atoms with Crippen molar-refractivity contribution in [3.63, 3.8) is 0 Å². The molecule has 0 saturated carbocycles. The van der Waals surface area contributed by atoms with E-state index in [1.165, 1.54) is 6.92 Å². The van der Waals surface area contributed by atoms with Crippen LogP contribution in [0.2, 0.25) is 0 Å². The van der Waals surface area contributed by atoms with Crippen LogP contribution >= 0.6 is 0 Å². The molecule has 1 amide bonds. The number of carbonyl (C=O) groups is 2. The highest BCUT2D eigenvalue weighted by Gasteiger charge is 2.27. The average Bonchev–Trinajstić information content (AvgIpc) is 2.97. The van der Waals surface area contributed by atoms with Gasteiger partial charge in [0.2, 0.25) is 0 Å². The number of nitrogens with zero attached hydrogens (tertiary/aromatic N) is 2. The Morgan fingerprint density at radius 3 is 2.44 bits per heavy atom. The van der Waals surface area contributed by atoms with Crippen molar-refractivity contribution in [3.8, 4) is 6.07 Å². The average molecular weight is 341 g/mol. The van der Waals surface area contributed by atoms with Gasteiger partial charge in [0.05, 0.1) is 17.3 Å². The van der Waals surface area contributed by atoms with Crippen molar-refractivity contribution >= 4 is 17.6 Å². The van der Waals surface area contributed by atoms with Gasteiger partial charge in [-0.3, -0.25) is 4.79 Å². The van der Waals surface area contributed by atoms with Crippen LogP contribution in [0.15, 0.2) is 28.8 Å². The summed E-state index contributed by atoms with van der Waals surface area (Å²) in [6.45, 7) is 6.87. The van der Waals surface area contributed by atoms with E-state index in [9.17, 15) is 9.59 Å². The second kappa shape index (κ2) is 7.62. The van der Waals surface area contributed by atoms with E-state index in [4.69, 9.17) is 14.5 Å². The minimum Gasteiger partial charge on any atom is -0.449 e. The zero-order valence-electron chi connectivity index (χ0n) is 14.5. The van der Waals surface area contributed by atoms with Gasteiger partial charge in [-0.1, -0.05) is 19.0 Å². The number of hydrogen-bond donors (Lipinski definition) is 1. The Hall–Kier alpha value is -3.14. The molecule has 1 aromatic carbocycles. The van der Waals surface area contributed by atoms with Crippen LogP contribution in [0.25, 0.3) is 0 Å². The lowest BCUT2D eigenvalue weighted by Crippen LogP contribution is -2.30. The zero-order valence-corrected chi connectivity index (χ0v) is 14.5. The summed E-state index contributed by atoms with van der Waals surface area (Å²) in [5.74, 6) is -0.725. The molecule has 7 heteroatoms. The fraction of sp³-hybridized carbons (Fsp3) is 0.333. The first-order valence-electron chi connectivity index (χ1n) is 7.81. The third-order valence-corrected chi connectivity index (χ3v) is 3.55. The third-order valence-electron chi connectivity index (χ3n) is 3.55. The zero-order chi connectivity index (χ0) is 18.6. The van der Waals surface area contributed by atoms with Gasteiger partial charge in [-0.15, -0.1) is 0 Å². The largest absolute Gasteiger partial charge is 0.449 e. The molecule has 7 nitrogen and oxygen atoms in total. The monoisotopic (exact) mass is 341 g/mol. The van der Waals surface area contributed by atoms with Crippen LogP contribution < -0.4 is 5.32 Å². The normalized spacial score (nSPS) is 11.7. The van der Waals surface area contributed by atoms with Gasteiger partial charge in [0.1, 0.15) is 5.56 Å². The van der Waals surface area contributed by atoms with Gasteiger partial charge in [0, 0.05) is 11.6 Å². The lowest BCUT2D eigenvalue weighted by Gasteiger charge is -2.14. The fourth-order valence-corrected chi connectivity index (χ4v) is 2.17. The minimum absolute atomic E-state index is 0.0356. The molecular formula is C18H19N3O4. The van der Waals surface area contributed by atoms with E-state index in [2.05, 4.69) is 10.5 Å². The maximum absolute atomic E-state index is 12.4. The van der Waals surface area contributed by atoms with E-state index in [1.54, 1.807) is 31.2 Å². The number of anilines is 1. The second-order valence-corrected chi connectivity index (χ2v) is 5.89. The lowest BCUT2D eigenvalue weighted by molar-refractivity contribution is -0.123. The Labute approximate surface area is 145 Å². The number of nitriles is 1. The number of benzene rings is 1. The Morgan fingerprint density at radius 1 is 1.24 bits per heavy atom. The highest BCUT2D eigenvalue weighted by Crippen LogP contribution is 2.23. The number of hydrogen-bond acceptors (Lipinski definition) is 6. The molecule has 25 heavy (non-hydrogen) atoms. The molecule has 0 saturated heterocycles. The van der Waals surface area contributed by atoms with E-state index in [0.29, 0.717) is 22.7 Å². The topological polar surface area (TPSA) is 105 Å². The molecule has 1 heterocycles. The van der Waals surface area contributed by atoms with Crippen LogP contribution in [0.5, 0.6) is 0 Å². The van der Waals surface area contributed by atoms with E-state index in [1.807, 2.05) is 19.9 Å². The Balaban J connectivity index is 2.04. The minimum atomic E-state index is -1.00. The predicted octanol–water partition coefficient (Wildman–Crippen LogP) is 3.16. The molecule has 1 atom stereocenters. The van der Waals surface area contributed by atoms with Gasteiger partial charge in [0.25, 0.3) is 5.91 Å². The quantitative estimate of drug-likeness (QED) is 0.837. The standard InChI is InChI=1S/C18H19N3O4/c1-10(2)16-15(11(3)21-25-16)18(23)24-12(4)17(22)20-14-7-5-13(9-19)6-8-14/h5-8,10,12H,1-4H3,(H,20,22)/t12-/m1/s1. The summed E-state index contributed by atoms with van der Waals surface area (Å²) in [5, 5.41) is 15.2. The molecular weight excluding hydrogens is 322 g/mol. The molecule has 1 N–H and O–H groups in total. The summed E-state index contributed by atoms with van der Waals surface area (Å²) in [5.41, 5.74) is 1.68. The molecule has 0 spiro atoms. The van der Waals surface area contributed by atoms with Crippen LogP contribution in [-0.4, -0.2) is 23.1 Å². The van der Waals surface area contributed by atoms with E-state index in [0.717, 1.165) is 0 Å². The van der Waals surface area contributed by atoms with E-state index >= 15 is 0 Å². The number of amides is 1. The van der Waals surface area contributed by atoms with Crippen molar-refractivity contribution in [3.05, 3.63) is 46.8 Å². The number of esters is 1. The summed E-state index contributed by atoms with van der Waals surface area (Å²) >= 11 is 0. The van der Waals surface area contributed by atoms with Crippen LogP contribution in [-0.2, 0) is 9.53 Å². The highest BCUT2D eigenvalue weighted by atomic mass is 16.5. The first-order chi connectivity index (χ1) is 11.8. The van der Waals surface area contributed by atoms with Crippen LogP contribution in [0, 0.1) is 18.3 Å². The van der Waals surface area contributed by atoms with Crippen molar-refractivity contribution < 1.29 is 18.8 Å². The summed E-state index contributed by atoms with van der Waals surface area (Å²) in [6.07, 6.45) is -1.00. The van der Waals surface area contributed by atoms with Gasteiger partial charge in [0.15, 0.2) is 11.9 Å². The van der Waals surface area contributed by atoms with Crippen molar-refractivity contribution in [1.29, 1.82) is 5.26 Å². The molecule has 0 unspecified atom stereocenters. The summed E-state index contributed by atoms with van der Waals surface area (Å²) in [7, 11) is 0. The molecule has 130 valence electrons. The Kier molecular flexibility index (Phi) is 5.55.